The maximum atomic E-state index is 14.0. The molecule has 2 amide bonds. The second-order valence-electron chi connectivity index (χ2n) is 11.8. The van der Waals surface area contributed by atoms with E-state index in [1.807, 2.05) is 16.7 Å². The van der Waals surface area contributed by atoms with Crippen LogP contribution < -0.4 is 21.1 Å². The average Bonchev–Trinajstić information content (AvgIpc) is 3.64. The molecule has 1 saturated heterocycles. The predicted molar refractivity (Wildman–Crippen MR) is 169 cm³/mol. The van der Waals surface area contributed by atoms with Gasteiger partial charge in [0.2, 0.25) is 0 Å². The van der Waals surface area contributed by atoms with Crippen LogP contribution in [0.3, 0.4) is 0 Å². The van der Waals surface area contributed by atoms with Gasteiger partial charge in [0.1, 0.15) is 29.6 Å². The number of halogens is 3. The van der Waals surface area contributed by atoms with Crippen molar-refractivity contribution in [1.29, 1.82) is 0 Å². The van der Waals surface area contributed by atoms with Crippen LogP contribution in [-0.2, 0) is 6.18 Å². The molecule has 0 radical (unpaired) electrons. The second-order valence-corrected chi connectivity index (χ2v) is 11.8. The number of nitrogens with one attached hydrogen (secondary N) is 2. The van der Waals surface area contributed by atoms with E-state index < -0.39 is 17.8 Å². The first kappa shape index (κ1) is 29.8. The third kappa shape index (κ3) is 5.57. The molecule has 0 spiro atoms. The van der Waals surface area contributed by atoms with Gasteiger partial charge >= 0.3 is 12.2 Å². The summed E-state index contributed by atoms with van der Waals surface area (Å²) in [6.07, 6.45) is 6.48. The minimum absolute atomic E-state index is 0.0201. The largest absolute Gasteiger partial charge is 0.490 e. The predicted octanol–water partition coefficient (Wildman–Crippen LogP) is 6.58. The van der Waals surface area contributed by atoms with Gasteiger partial charge in [-0.25, -0.2) is 19.7 Å². The van der Waals surface area contributed by atoms with E-state index in [0.29, 0.717) is 36.0 Å². The summed E-state index contributed by atoms with van der Waals surface area (Å²) >= 11 is 0. The highest BCUT2D eigenvalue weighted by atomic mass is 19.4. The summed E-state index contributed by atoms with van der Waals surface area (Å²) in [4.78, 5) is 28.5. The zero-order chi connectivity index (χ0) is 32.0. The standard InChI is InChI=1S/C32H34F3N9O2/c1-2-42-13-10-21(11-14-42)46-26-9-6-19(16-23(26)32(33,34)35)40-31(45)41-24-7-8-25(43-15-12-37-29(24)43)22-17-44(20-4-3-5-20)30-27(22)28(36)38-18-39-30/h6-9,12,15-18,20-21H,2-5,10-11,13-14H2,1H3,(H2,36,38,39)(H2,40,41,45). The summed E-state index contributed by atoms with van der Waals surface area (Å²) in [5.74, 6) is 0.122. The SMILES string of the molecule is CCN1CCC(Oc2ccc(NC(=O)Nc3ccc(-c4cn(C5CCC5)c5ncnc(N)c45)n4ccnc34)cc2C(F)(F)F)CC1. The molecule has 11 nitrogen and oxygen atoms in total. The van der Waals surface area contributed by atoms with Crippen LogP contribution in [0.15, 0.2) is 55.2 Å². The summed E-state index contributed by atoms with van der Waals surface area (Å²) in [5.41, 5.74) is 8.55. The number of imidazole rings is 1. The van der Waals surface area contributed by atoms with Crippen LogP contribution in [0.1, 0.15) is 50.6 Å². The number of carbonyl (C=O) groups is 1. The lowest BCUT2D eigenvalue weighted by Gasteiger charge is -2.31. The number of fused-ring (bicyclic) bond motifs is 2. The molecule has 1 saturated carbocycles. The Hall–Kier alpha value is -4.85. The summed E-state index contributed by atoms with van der Waals surface area (Å²) in [6, 6.07) is 6.72. The van der Waals surface area contributed by atoms with E-state index in [1.54, 1.807) is 18.5 Å². The van der Waals surface area contributed by atoms with Crippen LogP contribution >= 0.6 is 0 Å². The zero-order valence-corrected chi connectivity index (χ0v) is 25.2. The third-order valence-corrected chi connectivity index (χ3v) is 9.00. The molecule has 1 aliphatic heterocycles. The van der Waals surface area contributed by atoms with Gasteiger partial charge in [-0.3, -0.25) is 4.40 Å². The van der Waals surface area contributed by atoms with Gasteiger partial charge in [0, 0.05) is 49.0 Å². The zero-order valence-electron chi connectivity index (χ0n) is 25.2. The summed E-state index contributed by atoms with van der Waals surface area (Å²) in [5, 5.41) is 5.99. The summed E-state index contributed by atoms with van der Waals surface area (Å²) < 4.78 is 51.9. The number of piperidine rings is 1. The Kier molecular flexibility index (Phi) is 7.67. The lowest BCUT2D eigenvalue weighted by atomic mass is 9.93. The van der Waals surface area contributed by atoms with E-state index in [0.717, 1.165) is 67.3 Å². The number of nitrogen functional groups attached to an aromatic ring is 1. The molecule has 4 aromatic heterocycles. The van der Waals surface area contributed by atoms with Crippen molar-refractivity contribution in [2.45, 2.75) is 57.3 Å². The minimum Gasteiger partial charge on any atom is -0.490 e. The molecule has 0 unspecified atom stereocenters. The van der Waals surface area contributed by atoms with Crippen molar-refractivity contribution in [3.63, 3.8) is 0 Å². The minimum atomic E-state index is -4.67. The smallest absolute Gasteiger partial charge is 0.420 e. The topological polar surface area (TPSA) is 128 Å². The van der Waals surface area contributed by atoms with Crippen LogP contribution in [0.2, 0.25) is 0 Å². The van der Waals surface area contributed by atoms with Crippen molar-refractivity contribution >= 4 is 39.9 Å². The van der Waals surface area contributed by atoms with E-state index in [1.165, 1.54) is 18.5 Å². The fourth-order valence-electron chi connectivity index (χ4n) is 6.32. The number of benzene rings is 1. The Morgan fingerprint density at radius 3 is 2.57 bits per heavy atom. The average molecular weight is 634 g/mol. The number of hydrogen-bond donors (Lipinski definition) is 3. The van der Waals surface area contributed by atoms with Crippen molar-refractivity contribution in [3.8, 4) is 17.0 Å². The molecule has 7 rings (SSSR count). The number of alkyl halides is 3. The van der Waals surface area contributed by atoms with Gasteiger partial charge in [-0.05, 0) is 69.0 Å². The van der Waals surface area contributed by atoms with Gasteiger partial charge < -0.3 is 30.6 Å². The quantitative estimate of drug-likeness (QED) is 0.185. The highest BCUT2D eigenvalue weighted by Crippen LogP contribution is 2.41. The number of nitrogens with two attached hydrogens (primary N) is 1. The lowest BCUT2D eigenvalue weighted by molar-refractivity contribution is -0.139. The number of carbonyl (C=O) groups excluding carboxylic acids is 1. The number of anilines is 3. The Morgan fingerprint density at radius 2 is 1.85 bits per heavy atom. The van der Waals surface area contributed by atoms with Crippen LogP contribution in [0.25, 0.3) is 27.9 Å². The molecule has 5 heterocycles. The molecule has 4 N–H and O–H groups in total. The van der Waals surface area contributed by atoms with Gasteiger partial charge in [0.25, 0.3) is 0 Å². The molecule has 2 aliphatic rings. The third-order valence-electron chi connectivity index (χ3n) is 9.00. The molecule has 14 heteroatoms. The van der Waals surface area contributed by atoms with Crippen molar-refractivity contribution in [2.24, 2.45) is 0 Å². The monoisotopic (exact) mass is 633 g/mol. The molecular formula is C32H34F3N9O2. The number of amides is 2. The van der Waals surface area contributed by atoms with E-state index in [4.69, 9.17) is 10.5 Å². The van der Waals surface area contributed by atoms with Gasteiger partial charge in [-0.15, -0.1) is 0 Å². The van der Waals surface area contributed by atoms with Crippen molar-refractivity contribution in [3.05, 3.63) is 60.8 Å². The number of nitrogens with zero attached hydrogens (tertiary/aromatic N) is 6. The first-order chi connectivity index (χ1) is 22.2. The fraction of sp³-hybridized carbons (Fsp3) is 0.375. The summed E-state index contributed by atoms with van der Waals surface area (Å²) in [7, 11) is 0. The molecular weight excluding hydrogens is 599 g/mol. The molecule has 2 fully saturated rings. The number of ether oxygens (including phenoxy) is 1. The maximum Gasteiger partial charge on any atom is 0.420 e. The van der Waals surface area contributed by atoms with Crippen LogP contribution in [0, 0.1) is 0 Å². The van der Waals surface area contributed by atoms with E-state index in [-0.39, 0.29) is 17.5 Å². The molecule has 240 valence electrons. The van der Waals surface area contributed by atoms with Crippen molar-refractivity contribution in [2.75, 3.05) is 36.0 Å². The number of hydrogen-bond acceptors (Lipinski definition) is 7. The summed E-state index contributed by atoms with van der Waals surface area (Å²) in [6.45, 7) is 4.51. The van der Waals surface area contributed by atoms with Crippen molar-refractivity contribution in [1.82, 2.24) is 28.8 Å². The number of likely N-dealkylation sites (tertiary alicyclic amines) is 1. The number of rotatable bonds is 7. The van der Waals surface area contributed by atoms with Crippen LogP contribution in [0.5, 0.6) is 5.75 Å². The van der Waals surface area contributed by atoms with E-state index in [9.17, 15) is 18.0 Å². The lowest BCUT2D eigenvalue weighted by Crippen LogP contribution is -2.38. The van der Waals surface area contributed by atoms with Crippen LogP contribution in [0.4, 0.5) is 35.2 Å². The van der Waals surface area contributed by atoms with Gasteiger partial charge in [0.05, 0.1) is 22.3 Å². The highest BCUT2D eigenvalue weighted by molar-refractivity contribution is 6.03. The first-order valence-electron chi connectivity index (χ1n) is 15.4. The Balaban J connectivity index is 1.12. The van der Waals surface area contributed by atoms with Gasteiger partial charge in [-0.2, -0.15) is 13.2 Å². The molecule has 1 aliphatic carbocycles. The number of pyridine rings is 1. The Morgan fingerprint density at radius 1 is 1.04 bits per heavy atom. The second kappa shape index (κ2) is 11.8. The van der Waals surface area contributed by atoms with Gasteiger partial charge in [-0.1, -0.05) is 6.92 Å². The normalized spacial score (nSPS) is 16.5. The maximum absolute atomic E-state index is 14.0. The van der Waals surface area contributed by atoms with E-state index in [2.05, 4.69) is 42.0 Å². The number of urea groups is 1. The molecule has 5 aromatic rings. The van der Waals surface area contributed by atoms with E-state index >= 15 is 0 Å². The molecule has 1 aromatic carbocycles. The molecule has 0 bridgehead atoms. The first-order valence-corrected chi connectivity index (χ1v) is 15.4. The Labute approximate surface area is 262 Å². The Bertz CT molecular complexity index is 1910. The molecule has 0 atom stereocenters. The number of aromatic nitrogens is 5. The van der Waals surface area contributed by atoms with Crippen LogP contribution in [-0.4, -0.2) is 60.6 Å². The molecule has 46 heavy (non-hydrogen) atoms. The fourth-order valence-corrected chi connectivity index (χ4v) is 6.32. The highest BCUT2D eigenvalue weighted by Gasteiger charge is 2.36. The van der Waals surface area contributed by atoms with Crippen molar-refractivity contribution < 1.29 is 22.7 Å². The van der Waals surface area contributed by atoms with Gasteiger partial charge in [0.15, 0.2) is 5.65 Å².